The number of rotatable bonds is 12. The van der Waals surface area contributed by atoms with Gasteiger partial charge in [-0.05, 0) is 25.7 Å². The van der Waals surface area contributed by atoms with E-state index in [4.69, 9.17) is 14.9 Å². The van der Waals surface area contributed by atoms with Crippen LogP contribution in [0.3, 0.4) is 0 Å². The second-order valence-electron chi connectivity index (χ2n) is 4.92. The molecule has 0 aliphatic rings. The number of aliphatic hydroxyl groups excluding tert-OH is 3. The van der Waals surface area contributed by atoms with E-state index in [9.17, 15) is 9.90 Å². The van der Waals surface area contributed by atoms with Gasteiger partial charge in [-0.2, -0.15) is 0 Å². The van der Waals surface area contributed by atoms with Crippen LogP contribution < -0.4 is 0 Å². The number of allylic oxidation sites excluding steroid dienone is 1. The number of unbranched alkanes of at least 4 members (excludes halogenated alkanes) is 4. The third kappa shape index (κ3) is 12.1. The largest absolute Gasteiger partial charge is 0.460 e. The Bertz CT molecular complexity index is 265. The minimum absolute atomic E-state index is 0.168. The molecule has 0 saturated heterocycles. The summed E-state index contributed by atoms with van der Waals surface area (Å²) in [4.78, 5) is 11.2. The maximum atomic E-state index is 11.2. The van der Waals surface area contributed by atoms with Gasteiger partial charge >= 0.3 is 5.97 Å². The van der Waals surface area contributed by atoms with Crippen molar-refractivity contribution < 1.29 is 24.9 Å². The molecule has 118 valence electrons. The second-order valence-corrected chi connectivity index (χ2v) is 4.92. The Kier molecular flexibility index (Phi) is 12.5. The number of esters is 1. The topological polar surface area (TPSA) is 87.0 Å². The van der Waals surface area contributed by atoms with E-state index >= 15 is 0 Å². The van der Waals surface area contributed by atoms with Crippen LogP contribution in [0.2, 0.25) is 0 Å². The van der Waals surface area contributed by atoms with Gasteiger partial charge in [0.1, 0.15) is 12.7 Å². The van der Waals surface area contributed by atoms with Gasteiger partial charge in [-0.25, -0.2) is 4.79 Å². The molecule has 0 aromatic rings. The first-order valence-corrected chi connectivity index (χ1v) is 7.40. The van der Waals surface area contributed by atoms with E-state index in [1.807, 2.05) is 6.92 Å². The van der Waals surface area contributed by atoms with Gasteiger partial charge < -0.3 is 20.1 Å². The van der Waals surface area contributed by atoms with Crippen molar-refractivity contribution in [3.8, 4) is 0 Å². The molecule has 0 aliphatic carbocycles. The molecule has 0 bridgehead atoms. The van der Waals surface area contributed by atoms with Crippen molar-refractivity contribution >= 4 is 5.97 Å². The van der Waals surface area contributed by atoms with Crippen LogP contribution in [0.4, 0.5) is 0 Å². The standard InChI is InChI=1S/C15H28O5/c1-2-13(17)9-7-5-3-4-6-8-10-15(19)20-12-14(18)11-16/h8,10,13-14,16-18H,2-7,9,11-12H2,1H3/b10-8+. The summed E-state index contributed by atoms with van der Waals surface area (Å²) >= 11 is 0. The van der Waals surface area contributed by atoms with Crippen molar-refractivity contribution in [1.82, 2.24) is 0 Å². The van der Waals surface area contributed by atoms with Gasteiger partial charge in [-0.3, -0.25) is 0 Å². The first kappa shape index (κ1) is 19.1. The van der Waals surface area contributed by atoms with Crippen molar-refractivity contribution in [2.75, 3.05) is 13.2 Å². The van der Waals surface area contributed by atoms with Crippen molar-refractivity contribution in [3.05, 3.63) is 12.2 Å². The van der Waals surface area contributed by atoms with E-state index in [0.717, 1.165) is 44.9 Å². The number of carbonyl (C=O) groups is 1. The van der Waals surface area contributed by atoms with Crippen LogP contribution in [-0.2, 0) is 9.53 Å². The Morgan fingerprint density at radius 2 is 1.85 bits per heavy atom. The molecule has 0 rings (SSSR count). The number of aliphatic hydroxyl groups is 3. The maximum absolute atomic E-state index is 11.2. The molecule has 0 aromatic carbocycles. The van der Waals surface area contributed by atoms with E-state index in [-0.39, 0.29) is 12.7 Å². The molecule has 5 nitrogen and oxygen atoms in total. The minimum atomic E-state index is -1.01. The van der Waals surface area contributed by atoms with Crippen LogP contribution in [0, 0.1) is 0 Å². The average Bonchev–Trinajstić information content (AvgIpc) is 2.46. The van der Waals surface area contributed by atoms with Gasteiger partial charge in [0.2, 0.25) is 0 Å². The quantitative estimate of drug-likeness (QED) is 0.288. The first-order chi connectivity index (χ1) is 9.60. The Balaban J connectivity index is 3.41. The van der Waals surface area contributed by atoms with Crippen LogP contribution in [0.15, 0.2) is 12.2 Å². The lowest BCUT2D eigenvalue weighted by Gasteiger charge is -2.06. The zero-order valence-electron chi connectivity index (χ0n) is 12.3. The minimum Gasteiger partial charge on any atom is -0.460 e. The second kappa shape index (κ2) is 13.1. The molecule has 20 heavy (non-hydrogen) atoms. The van der Waals surface area contributed by atoms with E-state index in [2.05, 4.69) is 0 Å². The molecular formula is C15H28O5. The summed E-state index contributed by atoms with van der Waals surface area (Å²) in [6.07, 6.45) is 8.65. The van der Waals surface area contributed by atoms with E-state index in [1.165, 1.54) is 6.08 Å². The van der Waals surface area contributed by atoms with E-state index in [0.29, 0.717) is 0 Å². The zero-order valence-corrected chi connectivity index (χ0v) is 12.3. The van der Waals surface area contributed by atoms with Gasteiger partial charge in [0.15, 0.2) is 0 Å². The summed E-state index contributed by atoms with van der Waals surface area (Å²) in [7, 11) is 0. The molecule has 0 aromatic heterocycles. The molecule has 0 amide bonds. The SMILES string of the molecule is CCC(O)CCCCCC/C=C/C(=O)OCC(O)CO. The third-order valence-corrected chi connectivity index (χ3v) is 3.01. The van der Waals surface area contributed by atoms with Crippen LogP contribution in [0.25, 0.3) is 0 Å². The average molecular weight is 288 g/mol. The molecular weight excluding hydrogens is 260 g/mol. The zero-order chi connectivity index (χ0) is 15.2. The predicted octanol–water partition coefficient (Wildman–Crippen LogP) is 1.55. The number of ether oxygens (including phenoxy) is 1. The van der Waals surface area contributed by atoms with E-state index < -0.39 is 18.7 Å². The van der Waals surface area contributed by atoms with Crippen LogP contribution in [-0.4, -0.2) is 46.7 Å². The number of carbonyl (C=O) groups excluding carboxylic acids is 1. The molecule has 2 atom stereocenters. The molecule has 0 aliphatic heterocycles. The highest BCUT2D eigenvalue weighted by atomic mass is 16.5. The summed E-state index contributed by atoms with van der Waals surface area (Å²) < 4.78 is 4.71. The summed E-state index contributed by atoms with van der Waals surface area (Å²) in [5.41, 5.74) is 0. The summed E-state index contributed by atoms with van der Waals surface area (Å²) in [6, 6.07) is 0. The lowest BCUT2D eigenvalue weighted by molar-refractivity contribution is -0.141. The monoisotopic (exact) mass is 288 g/mol. The summed E-state index contributed by atoms with van der Waals surface area (Å²) in [5, 5.41) is 26.9. The van der Waals surface area contributed by atoms with Crippen molar-refractivity contribution in [3.63, 3.8) is 0 Å². The highest BCUT2D eigenvalue weighted by Crippen LogP contribution is 2.09. The summed E-state index contributed by atoms with van der Waals surface area (Å²) in [6.45, 7) is 1.39. The fraction of sp³-hybridized carbons (Fsp3) is 0.800. The molecule has 0 fully saturated rings. The van der Waals surface area contributed by atoms with Crippen LogP contribution >= 0.6 is 0 Å². The highest BCUT2D eigenvalue weighted by Gasteiger charge is 2.04. The molecule has 0 spiro atoms. The van der Waals surface area contributed by atoms with Crippen LogP contribution in [0.1, 0.15) is 51.9 Å². The Hall–Kier alpha value is -0.910. The molecule has 2 unspecified atom stereocenters. The number of hydrogen-bond acceptors (Lipinski definition) is 5. The third-order valence-electron chi connectivity index (χ3n) is 3.01. The van der Waals surface area contributed by atoms with Gasteiger partial charge in [-0.1, -0.05) is 32.3 Å². The molecule has 0 heterocycles. The summed E-state index contributed by atoms with van der Waals surface area (Å²) in [5.74, 6) is -0.497. The van der Waals surface area contributed by atoms with E-state index in [1.54, 1.807) is 6.08 Å². The normalized spacial score (nSPS) is 14.4. The molecule has 0 saturated carbocycles. The van der Waals surface area contributed by atoms with Crippen LogP contribution in [0.5, 0.6) is 0 Å². The highest BCUT2D eigenvalue weighted by molar-refractivity contribution is 5.81. The van der Waals surface area contributed by atoms with Gasteiger partial charge in [0.05, 0.1) is 12.7 Å². The van der Waals surface area contributed by atoms with Crippen molar-refractivity contribution in [2.24, 2.45) is 0 Å². The fourth-order valence-electron chi connectivity index (χ4n) is 1.66. The number of hydrogen-bond donors (Lipinski definition) is 3. The predicted molar refractivity (Wildman–Crippen MR) is 77.2 cm³/mol. The van der Waals surface area contributed by atoms with Crippen molar-refractivity contribution in [2.45, 2.75) is 64.1 Å². The Morgan fingerprint density at radius 1 is 1.15 bits per heavy atom. The van der Waals surface area contributed by atoms with Crippen molar-refractivity contribution in [1.29, 1.82) is 0 Å². The maximum Gasteiger partial charge on any atom is 0.330 e. The van der Waals surface area contributed by atoms with Gasteiger partial charge in [0.25, 0.3) is 0 Å². The fourth-order valence-corrected chi connectivity index (χ4v) is 1.66. The van der Waals surface area contributed by atoms with Gasteiger partial charge in [-0.15, -0.1) is 0 Å². The lowest BCUT2D eigenvalue weighted by atomic mass is 10.1. The molecule has 3 N–H and O–H groups in total. The smallest absolute Gasteiger partial charge is 0.330 e. The Morgan fingerprint density at radius 3 is 2.50 bits per heavy atom. The van der Waals surface area contributed by atoms with Gasteiger partial charge in [0, 0.05) is 6.08 Å². The molecule has 5 heteroatoms. The Labute approximate surface area is 121 Å². The first-order valence-electron chi connectivity index (χ1n) is 7.40. The lowest BCUT2D eigenvalue weighted by Crippen LogP contribution is -2.21. The molecule has 0 radical (unpaired) electrons.